The predicted molar refractivity (Wildman–Crippen MR) is 121 cm³/mol. The highest BCUT2D eigenvalue weighted by molar-refractivity contribution is 7.99. The van der Waals surface area contributed by atoms with Gasteiger partial charge in [-0.2, -0.15) is 0 Å². The van der Waals surface area contributed by atoms with Crippen LogP contribution in [0.1, 0.15) is 56.4 Å². The summed E-state index contributed by atoms with van der Waals surface area (Å²) in [5.41, 5.74) is 2.11. The van der Waals surface area contributed by atoms with Crippen molar-refractivity contribution in [2.75, 3.05) is 18.8 Å². The molecule has 1 aromatic carbocycles. The highest BCUT2D eigenvalue weighted by atomic mass is 32.2. The minimum absolute atomic E-state index is 0.0810. The van der Waals surface area contributed by atoms with Gasteiger partial charge in [0.05, 0.1) is 0 Å². The number of thioether (sulfide) groups is 1. The maximum Gasteiger partial charge on any atom is 0.257 e. The molecule has 0 radical (unpaired) electrons. The van der Waals surface area contributed by atoms with E-state index in [2.05, 4.69) is 18.8 Å². The number of benzene rings is 1. The number of hydrogen-bond acceptors (Lipinski definition) is 4. The maximum atomic E-state index is 13.1. The topological polar surface area (TPSA) is 55.2 Å². The molecule has 1 aromatic heterocycles. The number of aryl methyl sites for hydroxylation is 1. The predicted octanol–water partition coefficient (Wildman–Crippen LogP) is 4.34. The number of rotatable bonds is 11. The minimum Gasteiger partial charge on any atom is -0.343 e. The highest BCUT2D eigenvalue weighted by Crippen LogP contribution is 2.18. The minimum atomic E-state index is -0.292. The van der Waals surface area contributed by atoms with Crippen LogP contribution in [0, 0.1) is 12.7 Å². The zero-order valence-electron chi connectivity index (χ0n) is 18.4. The van der Waals surface area contributed by atoms with Crippen molar-refractivity contribution in [3.63, 3.8) is 0 Å². The summed E-state index contributed by atoms with van der Waals surface area (Å²) in [6.07, 6.45) is 3.63. The molecule has 0 N–H and O–H groups in total. The summed E-state index contributed by atoms with van der Waals surface area (Å²) in [7, 11) is 1.72. The average molecular weight is 434 g/mol. The third kappa shape index (κ3) is 6.69. The van der Waals surface area contributed by atoms with Crippen molar-refractivity contribution >= 4 is 17.7 Å². The zero-order valence-corrected chi connectivity index (χ0v) is 19.2. The van der Waals surface area contributed by atoms with Gasteiger partial charge in [0.15, 0.2) is 5.16 Å². The number of carbonyl (C=O) groups is 1. The Balaban J connectivity index is 1.98. The molecule has 0 bridgehead atoms. The summed E-state index contributed by atoms with van der Waals surface area (Å²) in [6.45, 7) is 7.62. The van der Waals surface area contributed by atoms with E-state index in [4.69, 9.17) is 0 Å². The van der Waals surface area contributed by atoms with Gasteiger partial charge in [-0.25, -0.2) is 9.37 Å². The molecule has 0 aliphatic rings. The highest BCUT2D eigenvalue weighted by Gasteiger charge is 2.14. The van der Waals surface area contributed by atoms with E-state index in [0.717, 1.165) is 43.7 Å². The molecule has 0 atom stereocenters. The molecule has 2 aromatic rings. The molecule has 0 unspecified atom stereocenters. The van der Waals surface area contributed by atoms with Gasteiger partial charge in [0.1, 0.15) is 5.82 Å². The quantitative estimate of drug-likeness (QED) is 0.301. The number of hydrogen-bond donors (Lipinski definition) is 0. The lowest BCUT2D eigenvalue weighted by Gasteiger charge is -2.21. The normalized spacial score (nSPS) is 11.0. The average Bonchev–Trinajstić information content (AvgIpc) is 2.73. The largest absolute Gasteiger partial charge is 0.343 e. The van der Waals surface area contributed by atoms with Gasteiger partial charge in [0.25, 0.3) is 5.56 Å². The number of aromatic nitrogens is 2. The Kier molecular flexibility index (Phi) is 9.56. The van der Waals surface area contributed by atoms with Crippen LogP contribution in [-0.2, 0) is 18.3 Å². The van der Waals surface area contributed by atoms with E-state index in [1.165, 1.54) is 23.9 Å². The van der Waals surface area contributed by atoms with Crippen molar-refractivity contribution in [3.8, 4) is 0 Å². The molecule has 0 saturated heterocycles. The molecule has 164 valence electrons. The van der Waals surface area contributed by atoms with Crippen LogP contribution in [0.4, 0.5) is 4.39 Å². The van der Waals surface area contributed by atoms with Crippen LogP contribution in [0.5, 0.6) is 0 Å². The van der Waals surface area contributed by atoms with E-state index in [0.29, 0.717) is 29.3 Å². The van der Waals surface area contributed by atoms with E-state index in [-0.39, 0.29) is 17.3 Å². The molecule has 5 nitrogen and oxygen atoms in total. The molecule has 1 heterocycles. The van der Waals surface area contributed by atoms with Gasteiger partial charge >= 0.3 is 0 Å². The van der Waals surface area contributed by atoms with Crippen LogP contribution in [0.2, 0.25) is 0 Å². The van der Waals surface area contributed by atoms with Crippen LogP contribution in [0.3, 0.4) is 0 Å². The SMILES string of the molecule is CCCN(CCC)C(=O)CCCSc1nc(C)c(Cc2ccc(F)cc2)c(=O)n1C. The third-order valence-corrected chi connectivity index (χ3v) is 6.07. The fourth-order valence-corrected chi connectivity index (χ4v) is 4.26. The first-order valence-corrected chi connectivity index (χ1v) is 11.6. The Labute approximate surface area is 182 Å². The lowest BCUT2D eigenvalue weighted by molar-refractivity contribution is -0.131. The van der Waals surface area contributed by atoms with Gasteiger partial charge in [-0.05, 0) is 43.9 Å². The third-order valence-electron chi connectivity index (χ3n) is 4.95. The summed E-state index contributed by atoms with van der Waals surface area (Å²) >= 11 is 1.50. The van der Waals surface area contributed by atoms with Crippen molar-refractivity contribution < 1.29 is 9.18 Å². The standard InChI is InChI=1S/C23H32FN3O2S/c1-5-13-27(14-6-2)21(28)8-7-15-30-23-25-17(3)20(22(29)26(23)4)16-18-9-11-19(24)12-10-18/h9-12H,5-8,13-16H2,1-4H3. The van der Waals surface area contributed by atoms with Crippen molar-refractivity contribution in [1.29, 1.82) is 0 Å². The van der Waals surface area contributed by atoms with Crippen LogP contribution in [-0.4, -0.2) is 39.2 Å². The van der Waals surface area contributed by atoms with Gasteiger partial charge < -0.3 is 4.90 Å². The number of carbonyl (C=O) groups excluding carboxylic acids is 1. The Hall–Kier alpha value is -2.15. The van der Waals surface area contributed by atoms with Crippen molar-refractivity contribution in [1.82, 2.24) is 14.5 Å². The fourth-order valence-electron chi connectivity index (χ4n) is 3.32. The molecular weight excluding hydrogens is 401 g/mol. The maximum absolute atomic E-state index is 13.1. The molecular formula is C23H32FN3O2S. The van der Waals surface area contributed by atoms with Gasteiger partial charge in [-0.15, -0.1) is 0 Å². The lowest BCUT2D eigenvalue weighted by atomic mass is 10.1. The monoisotopic (exact) mass is 433 g/mol. The summed E-state index contributed by atoms with van der Waals surface area (Å²) in [6, 6.07) is 6.18. The molecule has 2 rings (SSSR count). The molecule has 0 aliphatic heterocycles. The lowest BCUT2D eigenvalue weighted by Crippen LogP contribution is -2.32. The molecule has 30 heavy (non-hydrogen) atoms. The smallest absolute Gasteiger partial charge is 0.257 e. The van der Waals surface area contributed by atoms with Crippen molar-refractivity contribution in [2.45, 2.75) is 58.0 Å². The van der Waals surface area contributed by atoms with Gasteiger partial charge in [-0.1, -0.05) is 37.7 Å². The first-order valence-electron chi connectivity index (χ1n) is 10.6. The van der Waals surface area contributed by atoms with Crippen LogP contribution in [0.15, 0.2) is 34.2 Å². The van der Waals surface area contributed by atoms with Crippen LogP contribution in [0.25, 0.3) is 0 Å². The molecule has 0 aliphatic carbocycles. The summed E-state index contributed by atoms with van der Waals surface area (Å²) < 4.78 is 14.7. The second kappa shape index (κ2) is 11.9. The Morgan fingerprint density at radius 3 is 2.40 bits per heavy atom. The molecule has 0 spiro atoms. The Bertz CT molecular complexity index is 891. The number of halogens is 1. The van der Waals surface area contributed by atoms with Crippen molar-refractivity contribution in [3.05, 3.63) is 57.3 Å². The Morgan fingerprint density at radius 2 is 1.80 bits per heavy atom. The second-order valence-electron chi connectivity index (χ2n) is 7.46. The second-order valence-corrected chi connectivity index (χ2v) is 8.52. The molecule has 0 saturated carbocycles. The van der Waals surface area contributed by atoms with E-state index in [9.17, 15) is 14.0 Å². The van der Waals surface area contributed by atoms with Gasteiger partial charge in [0, 0.05) is 50.0 Å². The Morgan fingerprint density at radius 1 is 1.17 bits per heavy atom. The summed E-state index contributed by atoms with van der Waals surface area (Å²) in [4.78, 5) is 31.8. The molecule has 1 amide bonds. The summed E-state index contributed by atoms with van der Waals surface area (Å²) in [5, 5.41) is 0.659. The van der Waals surface area contributed by atoms with E-state index >= 15 is 0 Å². The fraction of sp³-hybridized carbons (Fsp3) is 0.522. The number of nitrogens with zero attached hydrogens (tertiary/aromatic N) is 3. The molecule has 7 heteroatoms. The van der Waals surface area contributed by atoms with Gasteiger partial charge in [0.2, 0.25) is 5.91 Å². The summed E-state index contributed by atoms with van der Waals surface area (Å²) in [5.74, 6) is 0.640. The molecule has 0 fully saturated rings. The van der Waals surface area contributed by atoms with Crippen molar-refractivity contribution in [2.24, 2.45) is 7.05 Å². The first kappa shape index (κ1) is 24.1. The van der Waals surface area contributed by atoms with E-state index in [1.807, 2.05) is 11.8 Å². The first-order chi connectivity index (χ1) is 14.4. The number of amides is 1. The van der Waals surface area contributed by atoms with Gasteiger partial charge in [-0.3, -0.25) is 14.2 Å². The van der Waals surface area contributed by atoms with Crippen LogP contribution >= 0.6 is 11.8 Å². The van der Waals surface area contributed by atoms with E-state index in [1.54, 1.807) is 23.7 Å². The van der Waals surface area contributed by atoms with Crippen LogP contribution < -0.4 is 5.56 Å². The van der Waals surface area contributed by atoms with E-state index < -0.39 is 0 Å². The zero-order chi connectivity index (χ0) is 22.1.